The molecule has 0 spiro atoms. The second kappa shape index (κ2) is 7.96. The first-order valence-corrected chi connectivity index (χ1v) is 7.61. The zero-order valence-electron chi connectivity index (χ0n) is 15.2. The van der Waals surface area contributed by atoms with Crippen molar-refractivity contribution in [1.29, 1.82) is 0 Å². The fourth-order valence-corrected chi connectivity index (χ4v) is 2.30. The fraction of sp³-hybridized carbons (Fsp3) is 0.538. The number of nitrogens with zero attached hydrogens (tertiary/aromatic N) is 2. The molecule has 6 nitrogen and oxygen atoms in total. The third-order valence-electron chi connectivity index (χ3n) is 4.08. The van der Waals surface area contributed by atoms with Crippen LogP contribution in [0.5, 0.6) is 0 Å². The highest BCUT2D eigenvalue weighted by molar-refractivity contribution is 5.57. The Morgan fingerprint density at radius 3 is 1.14 bits per heavy atom. The minimum atomic E-state index is -8.44. The minimum Gasteiger partial charge on any atom is -0.258 e. The van der Waals surface area contributed by atoms with E-state index in [1.165, 1.54) is 0 Å². The fourth-order valence-electron chi connectivity index (χ4n) is 2.30. The van der Waals surface area contributed by atoms with Gasteiger partial charge in [0.15, 0.2) is 0 Å². The Balaban J connectivity index is 4.06. The first-order valence-electron chi connectivity index (χ1n) is 7.61. The molecule has 0 radical (unpaired) electrons. The summed E-state index contributed by atoms with van der Waals surface area (Å²) in [7, 11) is 0. The Morgan fingerprint density at radius 1 is 0.514 bits per heavy atom. The van der Waals surface area contributed by atoms with Crippen molar-refractivity contribution in [1.82, 2.24) is 0 Å². The van der Waals surface area contributed by atoms with Gasteiger partial charge in [-0.15, -0.1) is 0 Å². The molecule has 1 aromatic rings. The van der Waals surface area contributed by atoms with Crippen molar-refractivity contribution < 1.29 is 80.1 Å². The molecule has 0 amide bonds. The van der Waals surface area contributed by atoms with Gasteiger partial charge in [0.25, 0.3) is 11.4 Å². The van der Waals surface area contributed by atoms with Gasteiger partial charge in [0.05, 0.1) is 9.85 Å². The summed E-state index contributed by atoms with van der Waals surface area (Å²) in [6.07, 6.45) is -13.8. The summed E-state index contributed by atoms with van der Waals surface area (Å²) in [5.41, 5.74) is -12.1. The van der Waals surface area contributed by atoms with Gasteiger partial charge in [0, 0.05) is 12.1 Å². The van der Waals surface area contributed by atoms with E-state index >= 15 is 0 Å². The predicted octanol–water partition coefficient (Wildman–Crippen LogP) is 6.72. The molecular weight excluding hydrogens is 552 g/mol. The van der Waals surface area contributed by atoms with E-state index in [-0.39, 0.29) is 0 Å². The lowest BCUT2D eigenvalue weighted by Crippen LogP contribution is -2.69. The molecule has 0 fully saturated rings. The molecular formula is C13H2F16N2O4. The smallest absolute Gasteiger partial charge is 0.258 e. The van der Waals surface area contributed by atoms with Crippen LogP contribution in [0.2, 0.25) is 0 Å². The summed E-state index contributed by atoms with van der Waals surface area (Å²) < 4.78 is 210. The van der Waals surface area contributed by atoms with Gasteiger partial charge in [-0.05, 0) is 0 Å². The van der Waals surface area contributed by atoms with Gasteiger partial charge in [-0.2, -0.15) is 70.2 Å². The van der Waals surface area contributed by atoms with Crippen LogP contribution >= 0.6 is 0 Å². The molecule has 0 atom stereocenters. The Bertz CT molecular complexity index is 1030. The van der Waals surface area contributed by atoms with Crippen LogP contribution in [0.1, 0.15) is 11.1 Å². The van der Waals surface area contributed by atoms with Crippen molar-refractivity contribution in [2.45, 2.75) is 42.0 Å². The predicted molar refractivity (Wildman–Crippen MR) is 74.5 cm³/mol. The van der Waals surface area contributed by atoms with Gasteiger partial charge in [0.1, 0.15) is 11.1 Å². The number of benzene rings is 1. The van der Waals surface area contributed by atoms with E-state index in [9.17, 15) is 90.5 Å². The van der Waals surface area contributed by atoms with Crippen molar-refractivity contribution in [2.75, 3.05) is 0 Å². The van der Waals surface area contributed by atoms with Gasteiger partial charge in [-0.1, -0.05) is 0 Å². The number of alkyl halides is 16. The van der Waals surface area contributed by atoms with Crippen LogP contribution in [0.15, 0.2) is 12.1 Å². The number of hydrogen-bond donors (Lipinski definition) is 0. The van der Waals surface area contributed by atoms with E-state index in [1.807, 2.05) is 0 Å². The quantitative estimate of drug-likeness (QED) is 0.213. The molecule has 0 aliphatic rings. The maximum absolute atomic E-state index is 14.2. The molecule has 35 heavy (non-hydrogen) atoms. The number of nitro groups is 2. The van der Waals surface area contributed by atoms with Crippen molar-refractivity contribution >= 4 is 11.4 Å². The van der Waals surface area contributed by atoms with E-state index in [1.54, 1.807) is 0 Å². The van der Waals surface area contributed by atoms with Gasteiger partial charge in [-0.3, -0.25) is 20.2 Å². The maximum Gasteiger partial charge on any atom is 0.460 e. The van der Waals surface area contributed by atoms with Crippen LogP contribution in [-0.4, -0.2) is 39.7 Å². The van der Waals surface area contributed by atoms with Crippen LogP contribution < -0.4 is 0 Å². The van der Waals surface area contributed by atoms with E-state index in [2.05, 4.69) is 0 Å². The molecule has 0 unspecified atom stereocenters. The van der Waals surface area contributed by atoms with E-state index in [0.717, 1.165) is 0 Å². The second-order valence-electron chi connectivity index (χ2n) is 6.27. The van der Waals surface area contributed by atoms with Crippen LogP contribution in [0.4, 0.5) is 81.6 Å². The van der Waals surface area contributed by atoms with Gasteiger partial charge >= 0.3 is 42.0 Å². The SMILES string of the molecule is O=[N+]([O-])c1cc(C(F)(F)C(F)(F)C(F)(F)C(F)(F)C(F)(F)C(F)(F)F)c([N+](=O)[O-])cc1C(F)(F)F. The van der Waals surface area contributed by atoms with Gasteiger partial charge in [-0.25, -0.2) is 0 Å². The number of rotatable bonds is 7. The lowest BCUT2D eigenvalue weighted by Gasteiger charge is -2.39. The Kier molecular flexibility index (Phi) is 6.81. The Morgan fingerprint density at radius 2 is 0.829 bits per heavy atom. The van der Waals surface area contributed by atoms with E-state index in [4.69, 9.17) is 0 Å². The Labute approximate surface area is 178 Å². The summed E-state index contributed by atoms with van der Waals surface area (Å²) >= 11 is 0. The average molecular weight is 554 g/mol. The lowest BCUT2D eigenvalue weighted by molar-refractivity contribution is -0.443. The van der Waals surface area contributed by atoms with Crippen LogP contribution in [0, 0.1) is 20.2 Å². The molecule has 1 rings (SSSR count). The zero-order valence-corrected chi connectivity index (χ0v) is 15.2. The topological polar surface area (TPSA) is 86.3 Å². The third kappa shape index (κ3) is 4.25. The average Bonchev–Trinajstić information content (AvgIpc) is 2.64. The van der Waals surface area contributed by atoms with Crippen molar-refractivity contribution in [3.63, 3.8) is 0 Å². The molecule has 0 heterocycles. The summed E-state index contributed by atoms with van der Waals surface area (Å²) in [5, 5.41) is 21.5. The first-order chi connectivity index (χ1) is 15.1. The molecule has 22 heteroatoms. The van der Waals surface area contributed by atoms with E-state index in [0.29, 0.717) is 0 Å². The normalized spacial score (nSPS) is 14.7. The molecule has 0 bridgehead atoms. The first kappa shape index (κ1) is 29.9. The Hall–Kier alpha value is -3.10. The van der Waals surface area contributed by atoms with Crippen molar-refractivity contribution in [3.8, 4) is 0 Å². The highest BCUT2D eigenvalue weighted by atomic mass is 19.4. The molecule has 0 aliphatic heterocycles. The molecule has 0 aliphatic carbocycles. The van der Waals surface area contributed by atoms with Crippen molar-refractivity contribution in [3.05, 3.63) is 43.5 Å². The van der Waals surface area contributed by atoms with Crippen LogP contribution in [0.25, 0.3) is 0 Å². The second-order valence-corrected chi connectivity index (χ2v) is 6.27. The van der Waals surface area contributed by atoms with Gasteiger partial charge < -0.3 is 0 Å². The maximum atomic E-state index is 14.2. The van der Waals surface area contributed by atoms with Crippen LogP contribution in [0.3, 0.4) is 0 Å². The molecule has 1 aromatic carbocycles. The monoisotopic (exact) mass is 554 g/mol. The van der Waals surface area contributed by atoms with Gasteiger partial charge in [0.2, 0.25) is 0 Å². The molecule has 0 saturated heterocycles. The van der Waals surface area contributed by atoms with E-state index < -0.39 is 86.4 Å². The highest BCUT2D eigenvalue weighted by Gasteiger charge is 2.91. The summed E-state index contributed by atoms with van der Waals surface area (Å²) in [6, 6.07) is -2.73. The van der Waals surface area contributed by atoms with Crippen LogP contribution in [-0.2, 0) is 12.1 Å². The molecule has 200 valence electrons. The summed E-state index contributed by atoms with van der Waals surface area (Å²) in [4.78, 5) is 16.7. The molecule has 0 N–H and O–H groups in total. The number of nitro benzene ring substituents is 2. The standard InChI is InChI=1S/C13H2F16N2O4/c14-7(15,9(19,20)10(21,22)11(23,24)12(25,26)13(27,28)29)3-1-6(31(34)35)4(8(16,17)18)2-5(3)30(32)33/h1-2H. The summed E-state index contributed by atoms with van der Waals surface area (Å²) in [6.45, 7) is 0. The number of hydrogen-bond acceptors (Lipinski definition) is 4. The summed E-state index contributed by atoms with van der Waals surface area (Å²) in [5.74, 6) is -40.5. The third-order valence-corrected chi connectivity index (χ3v) is 4.08. The highest BCUT2D eigenvalue weighted by Crippen LogP contribution is 2.63. The molecule has 0 saturated carbocycles. The zero-order chi connectivity index (χ0) is 28.4. The molecule has 0 aromatic heterocycles. The lowest BCUT2D eigenvalue weighted by atomic mass is 9.89. The van der Waals surface area contributed by atoms with Crippen molar-refractivity contribution in [2.24, 2.45) is 0 Å². The largest absolute Gasteiger partial charge is 0.460 e. The number of halogens is 16. The minimum absolute atomic E-state index is 1.27.